The predicted molar refractivity (Wildman–Crippen MR) is 127 cm³/mol. The monoisotopic (exact) mass is 495 g/mol. The van der Waals surface area contributed by atoms with Crippen molar-refractivity contribution < 1.29 is 9.47 Å². The quantitative estimate of drug-likeness (QED) is 0.434. The second kappa shape index (κ2) is 10.5. The SMILES string of the molecule is C#CCOc1ccc(C(Nc2ccc(Br)cc2)c2nnnn2C2CCCCC2)cc1OC. The van der Waals surface area contributed by atoms with Crippen LogP contribution in [0.15, 0.2) is 46.9 Å². The Morgan fingerprint density at radius 1 is 1.16 bits per heavy atom. The molecule has 0 spiro atoms. The van der Waals surface area contributed by atoms with Gasteiger partial charge in [0.2, 0.25) is 0 Å². The molecule has 1 heterocycles. The lowest BCUT2D eigenvalue weighted by Gasteiger charge is -2.26. The number of methoxy groups -OCH3 is 1. The van der Waals surface area contributed by atoms with Gasteiger partial charge in [-0.1, -0.05) is 47.2 Å². The number of terminal acetylenes is 1. The molecule has 1 N–H and O–H groups in total. The zero-order chi connectivity index (χ0) is 22.3. The third-order valence-electron chi connectivity index (χ3n) is 5.68. The lowest BCUT2D eigenvalue weighted by molar-refractivity contribution is 0.315. The van der Waals surface area contributed by atoms with E-state index in [2.05, 4.69) is 42.7 Å². The maximum Gasteiger partial charge on any atom is 0.178 e. The van der Waals surface area contributed by atoms with Crippen molar-refractivity contribution in [2.75, 3.05) is 19.0 Å². The van der Waals surface area contributed by atoms with Gasteiger partial charge >= 0.3 is 0 Å². The molecule has 1 aliphatic rings. The summed E-state index contributed by atoms with van der Waals surface area (Å²) in [7, 11) is 1.62. The van der Waals surface area contributed by atoms with E-state index in [1.54, 1.807) is 7.11 Å². The number of nitrogens with zero attached hydrogens (tertiary/aromatic N) is 4. The fourth-order valence-electron chi connectivity index (χ4n) is 4.09. The molecule has 1 aliphatic carbocycles. The fraction of sp³-hybridized carbons (Fsp3) is 0.375. The molecule has 1 fully saturated rings. The largest absolute Gasteiger partial charge is 0.493 e. The number of nitrogens with one attached hydrogen (secondary N) is 1. The predicted octanol–water partition coefficient (Wildman–Crippen LogP) is 5.16. The van der Waals surface area contributed by atoms with Gasteiger partial charge in [0.25, 0.3) is 0 Å². The number of tetrazole rings is 1. The number of hydrogen-bond acceptors (Lipinski definition) is 6. The Morgan fingerprint density at radius 2 is 1.94 bits per heavy atom. The Kier molecular flexibility index (Phi) is 7.28. The molecule has 1 unspecified atom stereocenters. The van der Waals surface area contributed by atoms with Gasteiger partial charge in [0.05, 0.1) is 13.2 Å². The molecular formula is C24H26BrN5O2. The summed E-state index contributed by atoms with van der Waals surface area (Å²) in [5.41, 5.74) is 1.92. The molecule has 7 nitrogen and oxygen atoms in total. The van der Waals surface area contributed by atoms with Gasteiger partial charge < -0.3 is 14.8 Å². The van der Waals surface area contributed by atoms with E-state index in [1.165, 1.54) is 19.3 Å². The Bertz CT molecular complexity index is 1070. The Labute approximate surface area is 196 Å². The molecule has 8 heteroatoms. The fourth-order valence-corrected chi connectivity index (χ4v) is 4.35. The molecule has 0 bridgehead atoms. The molecule has 32 heavy (non-hydrogen) atoms. The first-order valence-electron chi connectivity index (χ1n) is 10.7. The molecule has 3 aromatic rings. The van der Waals surface area contributed by atoms with Crippen LogP contribution in [0.4, 0.5) is 5.69 Å². The van der Waals surface area contributed by atoms with E-state index in [4.69, 9.17) is 15.9 Å². The minimum absolute atomic E-state index is 0.177. The van der Waals surface area contributed by atoms with Gasteiger partial charge in [0.1, 0.15) is 12.6 Å². The van der Waals surface area contributed by atoms with Crippen LogP contribution in [0.25, 0.3) is 0 Å². The van der Waals surface area contributed by atoms with Crippen molar-refractivity contribution in [1.29, 1.82) is 0 Å². The summed E-state index contributed by atoms with van der Waals surface area (Å²) in [6.07, 6.45) is 11.2. The molecule has 1 saturated carbocycles. The lowest BCUT2D eigenvalue weighted by atomic mass is 9.95. The smallest absolute Gasteiger partial charge is 0.178 e. The van der Waals surface area contributed by atoms with Crippen LogP contribution >= 0.6 is 15.9 Å². The molecule has 4 rings (SSSR count). The minimum atomic E-state index is -0.274. The summed E-state index contributed by atoms with van der Waals surface area (Å²) in [6.45, 7) is 0.177. The molecule has 0 aliphatic heterocycles. The van der Waals surface area contributed by atoms with E-state index < -0.39 is 0 Å². The first-order valence-corrected chi connectivity index (χ1v) is 11.5. The summed E-state index contributed by atoms with van der Waals surface area (Å²) in [5, 5.41) is 16.5. The van der Waals surface area contributed by atoms with Crippen LogP contribution in [0.3, 0.4) is 0 Å². The molecule has 166 valence electrons. The zero-order valence-electron chi connectivity index (χ0n) is 18.0. The standard InChI is InChI=1S/C24H26BrN5O2/c1-3-15-32-21-14-9-17(16-22(21)31-2)23(26-19-12-10-18(25)11-13-19)24-27-28-29-30(24)20-7-5-4-6-8-20/h1,9-14,16,20,23,26H,4-8,15H2,2H3. The van der Waals surface area contributed by atoms with Crippen molar-refractivity contribution >= 4 is 21.6 Å². The van der Waals surface area contributed by atoms with Gasteiger partial charge in [-0.2, -0.15) is 0 Å². The Hall–Kier alpha value is -3.05. The third-order valence-corrected chi connectivity index (χ3v) is 6.21. The Balaban J connectivity index is 1.73. The molecule has 2 aromatic carbocycles. The highest BCUT2D eigenvalue weighted by atomic mass is 79.9. The van der Waals surface area contributed by atoms with Crippen LogP contribution in [0.1, 0.15) is 55.6 Å². The molecule has 1 aromatic heterocycles. The number of aromatic nitrogens is 4. The first-order chi connectivity index (χ1) is 15.7. The van der Waals surface area contributed by atoms with E-state index in [9.17, 15) is 0 Å². The van der Waals surface area contributed by atoms with E-state index in [0.29, 0.717) is 17.5 Å². The van der Waals surface area contributed by atoms with Crippen molar-refractivity contribution in [3.63, 3.8) is 0 Å². The second-order valence-corrected chi connectivity index (χ2v) is 8.68. The van der Waals surface area contributed by atoms with Crippen LogP contribution < -0.4 is 14.8 Å². The normalized spacial score (nSPS) is 15.0. The van der Waals surface area contributed by atoms with Gasteiger partial charge in [-0.25, -0.2) is 4.68 Å². The topological polar surface area (TPSA) is 74.1 Å². The van der Waals surface area contributed by atoms with E-state index >= 15 is 0 Å². The summed E-state index contributed by atoms with van der Waals surface area (Å²) in [5.74, 6) is 4.47. The van der Waals surface area contributed by atoms with Crippen molar-refractivity contribution in [3.05, 3.63) is 58.3 Å². The van der Waals surface area contributed by atoms with Gasteiger partial charge in [0, 0.05) is 10.2 Å². The third kappa shape index (κ3) is 5.05. The molecular weight excluding hydrogens is 470 g/mol. The molecule has 1 atom stereocenters. The summed E-state index contributed by atoms with van der Waals surface area (Å²) in [4.78, 5) is 0. The van der Waals surface area contributed by atoms with Crippen LogP contribution in [-0.4, -0.2) is 33.9 Å². The minimum Gasteiger partial charge on any atom is -0.493 e. The molecule has 0 radical (unpaired) electrons. The van der Waals surface area contributed by atoms with Gasteiger partial charge in [0.15, 0.2) is 17.3 Å². The number of hydrogen-bond donors (Lipinski definition) is 1. The van der Waals surface area contributed by atoms with Crippen LogP contribution in [0, 0.1) is 12.3 Å². The van der Waals surface area contributed by atoms with E-state index in [-0.39, 0.29) is 12.6 Å². The highest BCUT2D eigenvalue weighted by Crippen LogP contribution is 2.36. The van der Waals surface area contributed by atoms with Gasteiger partial charge in [-0.3, -0.25) is 0 Å². The van der Waals surface area contributed by atoms with Crippen LogP contribution in [0.2, 0.25) is 0 Å². The average molecular weight is 496 g/mol. The number of benzene rings is 2. The highest BCUT2D eigenvalue weighted by Gasteiger charge is 2.27. The maximum atomic E-state index is 5.62. The zero-order valence-corrected chi connectivity index (χ0v) is 19.6. The van der Waals surface area contributed by atoms with Crippen molar-refractivity contribution in [2.45, 2.75) is 44.2 Å². The number of ether oxygens (including phenoxy) is 2. The second-order valence-electron chi connectivity index (χ2n) is 7.76. The van der Waals surface area contributed by atoms with Crippen molar-refractivity contribution in [1.82, 2.24) is 20.2 Å². The highest BCUT2D eigenvalue weighted by molar-refractivity contribution is 9.10. The average Bonchev–Trinajstić information content (AvgIpc) is 3.32. The summed E-state index contributed by atoms with van der Waals surface area (Å²) in [6, 6.07) is 13.9. The van der Waals surface area contributed by atoms with Crippen molar-refractivity contribution in [2.24, 2.45) is 0 Å². The van der Waals surface area contributed by atoms with Crippen LogP contribution in [0.5, 0.6) is 11.5 Å². The van der Waals surface area contributed by atoms with E-state index in [0.717, 1.165) is 34.4 Å². The van der Waals surface area contributed by atoms with Gasteiger partial charge in [-0.05, 0) is 65.2 Å². The maximum absolute atomic E-state index is 5.62. The van der Waals surface area contributed by atoms with Crippen molar-refractivity contribution in [3.8, 4) is 23.8 Å². The first kappa shape index (κ1) is 22.2. The molecule has 0 saturated heterocycles. The van der Waals surface area contributed by atoms with Crippen LogP contribution in [-0.2, 0) is 0 Å². The summed E-state index contributed by atoms with van der Waals surface area (Å²) >= 11 is 3.50. The summed E-state index contributed by atoms with van der Waals surface area (Å²) < 4.78 is 14.2. The number of rotatable bonds is 8. The Morgan fingerprint density at radius 3 is 2.66 bits per heavy atom. The number of halogens is 1. The lowest BCUT2D eigenvalue weighted by Crippen LogP contribution is -2.23. The molecule has 0 amide bonds. The van der Waals surface area contributed by atoms with Gasteiger partial charge in [-0.15, -0.1) is 11.5 Å². The number of anilines is 1. The van der Waals surface area contributed by atoms with E-state index in [1.807, 2.05) is 47.1 Å².